The van der Waals surface area contributed by atoms with Crippen molar-refractivity contribution in [3.05, 3.63) is 29.8 Å². The van der Waals surface area contributed by atoms with Gasteiger partial charge in [0.25, 0.3) is 0 Å². The first kappa shape index (κ1) is 14.8. The van der Waals surface area contributed by atoms with E-state index in [2.05, 4.69) is 4.72 Å². The summed E-state index contributed by atoms with van der Waals surface area (Å²) in [5, 5.41) is 0. The van der Waals surface area contributed by atoms with Crippen molar-refractivity contribution in [1.82, 2.24) is 4.72 Å². The van der Waals surface area contributed by atoms with E-state index in [4.69, 9.17) is 16.3 Å². The molecule has 1 aliphatic heterocycles. The SMILES string of the molecule is CC1OCCC1NS(=O)(=O)c1ccc(CCCl)cc1. The largest absolute Gasteiger partial charge is 0.377 e. The normalized spacial score (nSPS) is 23.7. The number of ether oxygens (including phenoxy) is 1. The molecule has 1 fully saturated rings. The van der Waals surface area contributed by atoms with Gasteiger partial charge in [-0.05, 0) is 37.5 Å². The van der Waals surface area contributed by atoms with Gasteiger partial charge in [0.1, 0.15) is 0 Å². The van der Waals surface area contributed by atoms with E-state index >= 15 is 0 Å². The molecule has 0 bridgehead atoms. The number of rotatable bonds is 5. The third kappa shape index (κ3) is 3.69. The van der Waals surface area contributed by atoms with Crippen LogP contribution in [0.25, 0.3) is 0 Å². The van der Waals surface area contributed by atoms with Crippen LogP contribution in [0.5, 0.6) is 0 Å². The lowest BCUT2D eigenvalue weighted by Crippen LogP contribution is -2.39. The fourth-order valence-electron chi connectivity index (χ4n) is 2.10. The molecule has 2 unspecified atom stereocenters. The molecule has 1 aliphatic rings. The van der Waals surface area contributed by atoms with Crippen LogP contribution in [0.4, 0.5) is 0 Å². The Morgan fingerprint density at radius 3 is 2.58 bits per heavy atom. The molecule has 1 saturated heterocycles. The van der Waals surface area contributed by atoms with Gasteiger partial charge in [-0.1, -0.05) is 12.1 Å². The van der Waals surface area contributed by atoms with Crippen LogP contribution in [0.3, 0.4) is 0 Å². The second-order valence-electron chi connectivity index (χ2n) is 4.68. The standard InChI is InChI=1S/C13H18ClNO3S/c1-10-13(7-9-18-10)15-19(16,17)12-4-2-11(3-5-12)6-8-14/h2-5,10,13,15H,6-9H2,1H3. The minimum absolute atomic E-state index is 0.0784. The zero-order valence-corrected chi connectivity index (χ0v) is 12.4. The summed E-state index contributed by atoms with van der Waals surface area (Å²) in [6.45, 7) is 2.48. The number of aryl methyl sites for hydroxylation is 1. The lowest BCUT2D eigenvalue weighted by atomic mass is 10.2. The lowest BCUT2D eigenvalue weighted by Gasteiger charge is -2.16. The van der Waals surface area contributed by atoms with Gasteiger partial charge < -0.3 is 4.74 Å². The zero-order chi connectivity index (χ0) is 13.9. The maximum Gasteiger partial charge on any atom is 0.240 e. The monoisotopic (exact) mass is 303 g/mol. The van der Waals surface area contributed by atoms with E-state index in [0.717, 1.165) is 12.0 Å². The summed E-state index contributed by atoms with van der Waals surface area (Å²) >= 11 is 5.65. The number of alkyl halides is 1. The lowest BCUT2D eigenvalue weighted by molar-refractivity contribution is 0.117. The van der Waals surface area contributed by atoms with Gasteiger partial charge >= 0.3 is 0 Å². The van der Waals surface area contributed by atoms with Crippen LogP contribution in [0, 0.1) is 0 Å². The average Bonchev–Trinajstić information content (AvgIpc) is 2.75. The maximum atomic E-state index is 12.2. The van der Waals surface area contributed by atoms with Crippen LogP contribution in [0.2, 0.25) is 0 Å². The Morgan fingerprint density at radius 2 is 2.05 bits per heavy atom. The summed E-state index contributed by atoms with van der Waals surface area (Å²) < 4.78 is 32.5. The van der Waals surface area contributed by atoms with Crippen LogP contribution in [-0.2, 0) is 21.2 Å². The first-order valence-electron chi connectivity index (χ1n) is 6.32. The van der Waals surface area contributed by atoms with Gasteiger partial charge in [-0.25, -0.2) is 13.1 Å². The van der Waals surface area contributed by atoms with Crippen LogP contribution in [0.15, 0.2) is 29.2 Å². The smallest absolute Gasteiger partial charge is 0.240 e. The first-order valence-corrected chi connectivity index (χ1v) is 8.33. The number of sulfonamides is 1. The van der Waals surface area contributed by atoms with Crippen molar-refractivity contribution in [3.8, 4) is 0 Å². The zero-order valence-electron chi connectivity index (χ0n) is 10.8. The topological polar surface area (TPSA) is 55.4 Å². The molecule has 0 aromatic heterocycles. The number of benzene rings is 1. The van der Waals surface area contributed by atoms with E-state index in [1.54, 1.807) is 24.3 Å². The number of nitrogens with one attached hydrogen (secondary N) is 1. The molecule has 19 heavy (non-hydrogen) atoms. The molecule has 4 nitrogen and oxygen atoms in total. The number of hydrogen-bond acceptors (Lipinski definition) is 3. The Kier molecular flexibility index (Phi) is 4.84. The second kappa shape index (κ2) is 6.22. The number of halogens is 1. The molecule has 1 N–H and O–H groups in total. The molecule has 106 valence electrons. The Morgan fingerprint density at radius 1 is 1.37 bits per heavy atom. The fraction of sp³-hybridized carbons (Fsp3) is 0.538. The van der Waals surface area contributed by atoms with Gasteiger partial charge in [0, 0.05) is 12.5 Å². The summed E-state index contributed by atoms with van der Waals surface area (Å²) in [4.78, 5) is 0.282. The highest BCUT2D eigenvalue weighted by atomic mass is 35.5. The van der Waals surface area contributed by atoms with E-state index in [-0.39, 0.29) is 17.0 Å². The van der Waals surface area contributed by atoms with Crippen molar-refractivity contribution in [2.24, 2.45) is 0 Å². The molecule has 0 spiro atoms. The highest BCUT2D eigenvalue weighted by Gasteiger charge is 2.29. The molecule has 1 aromatic rings. The van der Waals surface area contributed by atoms with Gasteiger partial charge in [0.05, 0.1) is 17.0 Å². The molecule has 0 saturated carbocycles. The van der Waals surface area contributed by atoms with Crippen LogP contribution in [-0.4, -0.2) is 33.1 Å². The van der Waals surface area contributed by atoms with Crippen molar-refractivity contribution in [2.75, 3.05) is 12.5 Å². The average molecular weight is 304 g/mol. The molecule has 0 amide bonds. The molecule has 2 atom stereocenters. The first-order chi connectivity index (χ1) is 9.03. The molecular weight excluding hydrogens is 286 g/mol. The molecule has 1 heterocycles. The summed E-state index contributed by atoms with van der Waals surface area (Å²) in [6, 6.07) is 6.68. The van der Waals surface area contributed by atoms with Gasteiger partial charge in [0.2, 0.25) is 10.0 Å². The van der Waals surface area contributed by atoms with Gasteiger partial charge in [-0.15, -0.1) is 11.6 Å². The van der Waals surface area contributed by atoms with Gasteiger partial charge in [-0.2, -0.15) is 0 Å². The highest BCUT2D eigenvalue weighted by Crippen LogP contribution is 2.17. The van der Waals surface area contributed by atoms with E-state index in [1.807, 2.05) is 6.92 Å². The third-order valence-corrected chi connectivity index (χ3v) is 4.99. The van der Waals surface area contributed by atoms with Crippen molar-refractivity contribution in [3.63, 3.8) is 0 Å². The van der Waals surface area contributed by atoms with Crippen LogP contribution in [0.1, 0.15) is 18.9 Å². The molecule has 1 aromatic carbocycles. The predicted molar refractivity (Wildman–Crippen MR) is 75.0 cm³/mol. The van der Waals surface area contributed by atoms with E-state index in [1.165, 1.54) is 0 Å². The van der Waals surface area contributed by atoms with Crippen LogP contribution >= 0.6 is 11.6 Å². The molecule has 6 heteroatoms. The van der Waals surface area contributed by atoms with Crippen molar-refractivity contribution < 1.29 is 13.2 Å². The van der Waals surface area contributed by atoms with E-state index in [0.29, 0.717) is 18.9 Å². The van der Waals surface area contributed by atoms with Gasteiger partial charge in [-0.3, -0.25) is 0 Å². The van der Waals surface area contributed by atoms with Crippen molar-refractivity contribution in [2.45, 2.75) is 36.8 Å². The van der Waals surface area contributed by atoms with Crippen molar-refractivity contribution in [1.29, 1.82) is 0 Å². The van der Waals surface area contributed by atoms with E-state index in [9.17, 15) is 8.42 Å². The predicted octanol–water partition coefficient (Wildman–Crippen LogP) is 1.92. The fourth-order valence-corrected chi connectivity index (χ4v) is 3.65. The maximum absolute atomic E-state index is 12.2. The van der Waals surface area contributed by atoms with Gasteiger partial charge in [0.15, 0.2) is 0 Å². The number of hydrogen-bond donors (Lipinski definition) is 1. The summed E-state index contributed by atoms with van der Waals surface area (Å²) in [7, 11) is -3.47. The second-order valence-corrected chi connectivity index (χ2v) is 6.77. The Bertz CT molecular complexity index is 515. The minimum atomic E-state index is -3.47. The third-order valence-electron chi connectivity index (χ3n) is 3.30. The Labute approximate surface area is 119 Å². The highest BCUT2D eigenvalue weighted by molar-refractivity contribution is 7.89. The molecular formula is C13H18ClNO3S. The van der Waals surface area contributed by atoms with E-state index < -0.39 is 10.0 Å². The summed E-state index contributed by atoms with van der Waals surface area (Å²) in [5.74, 6) is 0.529. The van der Waals surface area contributed by atoms with Crippen molar-refractivity contribution >= 4 is 21.6 Å². The summed E-state index contributed by atoms with van der Waals surface area (Å²) in [6.07, 6.45) is 1.37. The molecule has 0 aliphatic carbocycles. The molecule has 2 rings (SSSR count). The Balaban J connectivity index is 2.10. The summed E-state index contributed by atoms with van der Waals surface area (Å²) in [5.41, 5.74) is 1.03. The van der Waals surface area contributed by atoms with Crippen LogP contribution < -0.4 is 4.72 Å². The quantitative estimate of drug-likeness (QED) is 0.846. The minimum Gasteiger partial charge on any atom is -0.377 e. The Hall–Kier alpha value is -0.620. The molecule has 0 radical (unpaired) electrons.